The molecular formula is C31H34N6S2. The van der Waals surface area contributed by atoms with Crippen molar-refractivity contribution < 1.29 is 0 Å². The van der Waals surface area contributed by atoms with Crippen LogP contribution in [0.15, 0.2) is 48.8 Å². The second-order valence-corrected chi connectivity index (χ2v) is 13.8. The van der Waals surface area contributed by atoms with Crippen molar-refractivity contribution in [3.8, 4) is 33.6 Å². The molecule has 2 saturated heterocycles. The van der Waals surface area contributed by atoms with Crippen LogP contribution >= 0.6 is 23.5 Å². The maximum absolute atomic E-state index is 4.78. The average molecular weight is 555 g/mol. The zero-order valence-electron chi connectivity index (χ0n) is 22.1. The second kappa shape index (κ2) is 9.84. The fourth-order valence-corrected chi connectivity index (χ4v) is 9.27. The maximum atomic E-state index is 4.78. The van der Waals surface area contributed by atoms with Gasteiger partial charge in [0, 0.05) is 30.2 Å². The molecule has 2 aliphatic carbocycles. The highest BCUT2D eigenvalue weighted by Gasteiger charge is 2.43. The summed E-state index contributed by atoms with van der Waals surface area (Å²) in [7, 11) is 0. The van der Waals surface area contributed by atoms with Crippen molar-refractivity contribution >= 4 is 23.5 Å². The van der Waals surface area contributed by atoms with Crippen LogP contribution in [-0.2, 0) is 11.8 Å². The summed E-state index contributed by atoms with van der Waals surface area (Å²) in [5.41, 5.74) is 11.0. The third-order valence-corrected chi connectivity index (χ3v) is 11.5. The van der Waals surface area contributed by atoms with E-state index in [-0.39, 0.29) is 10.7 Å². The number of imidazole rings is 2. The van der Waals surface area contributed by atoms with Crippen molar-refractivity contribution in [2.45, 2.75) is 54.7 Å². The Morgan fingerprint density at radius 3 is 1.97 bits per heavy atom. The Balaban J connectivity index is 1.15. The molecule has 2 aliphatic heterocycles. The van der Waals surface area contributed by atoms with Gasteiger partial charge in [-0.2, -0.15) is 0 Å². The number of rotatable bonds is 5. The van der Waals surface area contributed by atoms with E-state index in [1.54, 1.807) is 11.1 Å². The summed E-state index contributed by atoms with van der Waals surface area (Å²) < 4.78 is 0. The highest BCUT2D eigenvalue weighted by atomic mass is 32.2. The van der Waals surface area contributed by atoms with Crippen LogP contribution in [0.1, 0.15) is 65.6 Å². The fourth-order valence-electron chi connectivity index (χ4n) is 7.30. The lowest BCUT2D eigenvalue weighted by atomic mass is 9.76. The van der Waals surface area contributed by atoms with Gasteiger partial charge in [0.05, 0.1) is 23.8 Å². The maximum Gasteiger partial charge on any atom is 0.134 e. The van der Waals surface area contributed by atoms with Gasteiger partial charge >= 0.3 is 0 Å². The van der Waals surface area contributed by atoms with E-state index in [9.17, 15) is 0 Å². The highest BCUT2D eigenvalue weighted by molar-refractivity contribution is 7.99. The molecule has 1 spiro atoms. The first-order valence-electron chi connectivity index (χ1n) is 14.3. The minimum absolute atomic E-state index is 0.279. The number of thioether (sulfide) groups is 2. The lowest BCUT2D eigenvalue weighted by Crippen LogP contribution is -2.19. The largest absolute Gasteiger partial charge is 0.340 e. The first kappa shape index (κ1) is 24.3. The molecular weight excluding hydrogens is 521 g/mol. The summed E-state index contributed by atoms with van der Waals surface area (Å²) in [6.07, 6.45) is 11.8. The Bertz CT molecular complexity index is 1490. The van der Waals surface area contributed by atoms with Gasteiger partial charge < -0.3 is 9.97 Å². The topological polar surface area (TPSA) is 81.4 Å². The number of fused-ring (bicyclic) bond motifs is 2. The summed E-state index contributed by atoms with van der Waals surface area (Å²) in [4.78, 5) is 16.7. The summed E-state index contributed by atoms with van der Waals surface area (Å²) in [6.45, 7) is 2.10. The minimum atomic E-state index is 0.279. The lowest BCUT2D eigenvalue weighted by Gasteiger charge is -2.28. The quantitative estimate of drug-likeness (QED) is 0.224. The standard InChI is InChI=1S/C31H34N6S2/c1-2-11-31(10-1)12-9-23-22(25-18-35-28(37-25)30-33-14-16-39-30)8-7-21(26(23)31)19-3-5-20(6-4-19)24-17-34-27(36-24)29-32-13-15-38-29/h3-8,17-18,29-30,32-33H,1-2,9-16H2,(H,34,36)(H,35,37)/t29-,30-/m0/s1. The summed E-state index contributed by atoms with van der Waals surface area (Å²) in [5.74, 6) is 4.36. The number of benzene rings is 2. The van der Waals surface area contributed by atoms with E-state index in [1.807, 2.05) is 29.7 Å². The zero-order chi connectivity index (χ0) is 25.8. The summed E-state index contributed by atoms with van der Waals surface area (Å²) in [5, 5.41) is 7.62. The molecule has 4 aliphatic rings. The SMILES string of the molecule is c1cc(-c2ccc(-c3cnc([C@H]4NCCS4)[nH]3)c3c2C2(CCCC2)CC3)ccc1-c1cnc([C@H]2NCCS2)[nH]1. The second-order valence-electron chi connectivity index (χ2n) is 11.4. The molecule has 8 rings (SSSR count). The van der Waals surface area contributed by atoms with Crippen LogP contribution in [0.3, 0.4) is 0 Å². The first-order valence-corrected chi connectivity index (χ1v) is 16.4. The zero-order valence-corrected chi connectivity index (χ0v) is 23.7. The van der Waals surface area contributed by atoms with E-state index in [2.05, 4.69) is 68.2 Å². The fraction of sp³-hybridized carbons (Fsp3) is 0.419. The van der Waals surface area contributed by atoms with Gasteiger partial charge in [-0.3, -0.25) is 10.6 Å². The molecule has 0 radical (unpaired) electrons. The summed E-state index contributed by atoms with van der Waals surface area (Å²) in [6, 6.07) is 13.9. The van der Waals surface area contributed by atoms with Crippen LogP contribution in [0.4, 0.5) is 0 Å². The third kappa shape index (κ3) is 4.19. The molecule has 0 amide bonds. The van der Waals surface area contributed by atoms with Gasteiger partial charge in [-0.05, 0) is 58.9 Å². The Labute approximate surface area is 238 Å². The summed E-state index contributed by atoms with van der Waals surface area (Å²) >= 11 is 3.85. The van der Waals surface area contributed by atoms with Gasteiger partial charge in [-0.25, -0.2) is 9.97 Å². The smallest absolute Gasteiger partial charge is 0.134 e. The molecule has 4 aromatic rings. The van der Waals surface area contributed by atoms with Gasteiger partial charge in [-0.15, -0.1) is 23.5 Å². The van der Waals surface area contributed by atoms with E-state index < -0.39 is 0 Å². The van der Waals surface area contributed by atoms with Crippen LogP contribution in [0.2, 0.25) is 0 Å². The van der Waals surface area contributed by atoms with Crippen molar-refractivity contribution in [3.05, 3.63) is 71.6 Å². The molecule has 1 saturated carbocycles. The normalized spacial score (nSPS) is 23.7. The Hall–Kier alpha value is -2.52. The van der Waals surface area contributed by atoms with Gasteiger partial charge in [0.1, 0.15) is 22.4 Å². The van der Waals surface area contributed by atoms with E-state index in [0.717, 1.165) is 54.1 Å². The number of aromatic nitrogens is 4. The number of hydrogen-bond donors (Lipinski definition) is 4. The van der Waals surface area contributed by atoms with Crippen molar-refractivity contribution in [3.63, 3.8) is 0 Å². The average Bonchev–Trinajstić information content (AvgIpc) is 3.82. The molecule has 200 valence electrons. The Kier molecular flexibility index (Phi) is 6.13. The molecule has 4 N–H and O–H groups in total. The number of nitrogens with one attached hydrogen (secondary N) is 4. The van der Waals surface area contributed by atoms with Gasteiger partial charge in [-0.1, -0.05) is 49.2 Å². The van der Waals surface area contributed by atoms with Crippen molar-refractivity contribution in [2.75, 3.05) is 24.6 Å². The van der Waals surface area contributed by atoms with Crippen LogP contribution in [0.5, 0.6) is 0 Å². The van der Waals surface area contributed by atoms with Crippen LogP contribution in [0, 0.1) is 0 Å². The molecule has 6 nitrogen and oxygen atoms in total. The van der Waals surface area contributed by atoms with Gasteiger partial charge in [0.15, 0.2) is 0 Å². The van der Waals surface area contributed by atoms with Crippen LogP contribution < -0.4 is 10.6 Å². The molecule has 4 heterocycles. The first-order chi connectivity index (χ1) is 19.3. The molecule has 0 bridgehead atoms. The Morgan fingerprint density at radius 1 is 0.692 bits per heavy atom. The van der Waals surface area contributed by atoms with Gasteiger partial charge in [0.25, 0.3) is 0 Å². The van der Waals surface area contributed by atoms with E-state index >= 15 is 0 Å². The monoisotopic (exact) mass is 554 g/mol. The third-order valence-electron chi connectivity index (χ3n) is 9.17. The van der Waals surface area contributed by atoms with E-state index in [0.29, 0.717) is 5.41 Å². The van der Waals surface area contributed by atoms with E-state index in [4.69, 9.17) is 4.98 Å². The molecule has 2 atom stereocenters. The van der Waals surface area contributed by atoms with Crippen LogP contribution in [-0.4, -0.2) is 44.5 Å². The minimum Gasteiger partial charge on any atom is -0.340 e. The predicted molar refractivity (Wildman–Crippen MR) is 162 cm³/mol. The molecule has 3 fully saturated rings. The molecule has 2 aromatic heterocycles. The number of hydrogen-bond acceptors (Lipinski definition) is 6. The number of H-pyrrole nitrogens is 2. The van der Waals surface area contributed by atoms with Crippen molar-refractivity contribution in [1.29, 1.82) is 0 Å². The van der Waals surface area contributed by atoms with E-state index in [1.165, 1.54) is 54.4 Å². The molecule has 0 unspecified atom stereocenters. The van der Waals surface area contributed by atoms with Gasteiger partial charge in [0.2, 0.25) is 0 Å². The highest BCUT2D eigenvalue weighted by Crippen LogP contribution is 2.55. The van der Waals surface area contributed by atoms with Crippen molar-refractivity contribution in [1.82, 2.24) is 30.6 Å². The number of nitrogens with zero attached hydrogens (tertiary/aromatic N) is 2. The van der Waals surface area contributed by atoms with Crippen LogP contribution in [0.25, 0.3) is 33.6 Å². The number of aromatic amines is 2. The van der Waals surface area contributed by atoms with Crippen molar-refractivity contribution in [2.24, 2.45) is 0 Å². The lowest BCUT2D eigenvalue weighted by molar-refractivity contribution is 0.440. The molecule has 8 heteroatoms. The Morgan fingerprint density at radius 2 is 1.31 bits per heavy atom. The predicted octanol–water partition coefficient (Wildman–Crippen LogP) is 6.56. The molecule has 2 aromatic carbocycles. The molecule has 39 heavy (non-hydrogen) atoms.